The van der Waals surface area contributed by atoms with E-state index < -0.39 is 5.54 Å². The Morgan fingerprint density at radius 1 is 1.17 bits per heavy atom. The number of nitrogens with one attached hydrogen (secondary N) is 1. The maximum Gasteiger partial charge on any atom is 0.337 e. The van der Waals surface area contributed by atoms with Gasteiger partial charge in [-0.05, 0) is 42.4 Å². The summed E-state index contributed by atoms with van der Waals surface area (Å²) in [5.74, 6) is 0.529. The van der Waals surface area contributed by atoms with E-state index in [-0.39, 0.29) is 29.6 Å². The van der Waals surface area contributed by atoms with E-state index in [2.05, 4.69) is 17.1 Å². The number of ether oxygens (including phenoxy) is 3. The summed E-state index contributed by atoms with van der Waals surface area (Å²) in [6.07, 6.45) is 3.82. The van der Waals surface area contributed by atoms with E-state index in [1.807, 2.05) is 42.5 Å². The number of anilines is 1. The lowest BCUT2D eigenvalue weighted by Gasteiger charge is -2.45. The molecule has 1 N–H and O–H groups in total. The van der Waals surface area contributed by atoms with Gasteiger partial charge >= 0.3 is 5.97 Å². The number of hydrogen-bond acceptors (Lipinski definition) is 7. The molecular weight excluding hydrogens is 456 g/mol. The fourth-order valence-electron chi connectivity index (χ4n) is 6.61. The minimum Gasteiger partial charge on any atom is -0.504 e. The van der Waals surface area contributed by atoms with Crippen molar-refractivity contribution >= 4 is 17.4 Å². The highest BCUT2D eigenvalue weighted by molar-refractivity contribution is 6.17. The van der Waals surface area contributed by atoms with Crippen LogP contribution < -0.4 is 10.1 Å². The number of nitrogens with zero attached hydrogens (tertiary/aromatic N) is 1. The Morgan fingerprint density at radius 2 is 1.94 bits per heavy atom. The van der Waals surface area contributed by atoms with Gasteiger partial charge < -0.3 is 19.5 Å². The van der Waals surface area contributed by atoms with Crippen LogP contribution >= 0.6 is 0 Å². The summed E-state index contributed by atoms with van der Waals surface area (Å²) in [5, 5.41) is 3.64. The third kappa shape index (κ3) is 3.68. The highest BCUT2D eigenvalue weighted by atomic mass is 16.5. The zero-order chi connectivity index (χ0) is 25.4. The van der Waals surface area contributed by atoms with Crippen molar-refractivity contribution in [3.8, 4) is 16.9 Å². The van der Waals surface area contributed by atoms with Gasteiger partial charge in [0.25, 0.3) is 0 Å². The number of carbonyl (C=O) groups excluding carboxylic acids is 2. The second-order valence-corrected chi connectivity index (χ2v) is 9.93. The van der Waals surface area contributed by atoms with Crippen molar-refractivity contribution in [2.24, 2.45) is 11.8 Å². The standard InChI is InChI=1S/C29H34N2O5/c1-5-18-16-31-14-13-29(24(31)15-21(18)22(17-34-2)28(33)36-4)27(32)25-23(30-29)12-11-20(26(25)35-3)19-9-7-6-8-10-19/h6-12,17-18,21,24,30H,5,13-16H2,1-4H3/b22-17+/t18-,21+,24?,29?/m1/s1. The Labute approximate surface area is 212 Å². The molecular formula is C29H34N2O5. The molecule has 1 spiro atoms. The van der Waals surface area contributed by atoms with Crippen molar-refractivity contribution in [2.75, 3.05) is 39.7 Å². The lowest BCUT2D eigenvalue weighted by molar-refractivity contribution is -0.137. The molecule has 2 fully saturated rings. The lowest BCUT2D eigenvalue weighted by atomic mass is 9.72. The smallest absolute Gasteiger partial charge is 0.337 e. The summed E-state index contributed by atoms with van der Waals surface area (Å²) >= 11 is 0. The van der Waals surface area contributed by atoms with Gasteiger partial charge in [0.15, 0.2) is 5.78 Å². The first kappa shape index (κ1) is 24.4. The second-order valence-electron chi connectivity index (χ2n) is 9.93. The predicted octanol–water partition coefficient (Wildman–Crippen LogP) is 4.53. The number of carbonyl (C=O) groups is 2. The molecule has 2 saturated heterocycles. The van der Waals surface area contributed by atoms with E-state index in [1.165, 1.54) is 13.4 Å². The summed E-state index contributed by atoms with van der Waals surface area (Å²) in [6, 6.07) is 14.0. The third-order valence-corrected chi connectivity index (χ3v) is 8.34. The molecule has 0 aromatic heterocycles. The van der Waals surface area contributed by atoms with Crippen molar-refractivity contribution in [3.05, 3.63) is 59.9 Å². The number of Topliss-reactive ketones (excluding diaryl/α,β-unsaturated/α-hetero) is 1. The molecule has 0 aliphatic carbocycles. The lowest BCUT2D eigenvalue weighted by Crippen LogP contribution is -2.57. The van der Waals surface area contributed by atoms with Gasteiger partial charge in [-0.2, -0.15) is 0 Å². The van der Waals surface area contributed by atoms with Gasteiger partial charge in [0.05, 0.1) is 38.7 Å². The van der Waals surface area contributed by atoms with Gasteiger partial charge in [-0.25, -0.2) is 4.79 Å². The van der Waals surface area contributed by atoms with Crippen LogP contribution in [0.3, 0.4) is 0 Å². The van der Waals surface area contributed by atoms with Crippen LogP contribution in [-0.2, 0) is 14.3 Å². The molecule has 190 valence electrons. The van der Waals surface area contributed by atoms with E-state index >= 15 is 0 Å². The molecule has 0 radical (unpaired) electrons. The van der Waals surface area contributed by atoms with Crippen molar-refractivity contribution in [1.82, 2.24) is 4.90 Å². The molecule has 2 unspecified atom stereocenters. The topological polar surface area (TPSA) is 77.1 Å². The monoisotopic (exact) mass is 490 g/mol. The Kier molecular flexibility index (Phi) is 6.51. The maximum absolute atomic E-state index is 14.3. The summed E-state index contributed by atoms with van der Waals surface area (Å²) in [6.45, 7) is 3.80. The number of methoxy groups -OCH3 is 3. The molecule has 4 atom stereocenters. The van der Waals surface area contributed by atoms with Crippen LogP contribution in [0.1, 0.15) is 36.5 Å². The van der Waals surface area contributed by atoms with Crippen molar-refractivity contribution < 1.29 is 23.8 Å². The van der Waals surface area contributed by atoms with E-state index in [4.69, 9.17) is 14.2 Å². The summed E-state index contributed by atoms with van der Waals surface area (Å²) < 4.78 is 16.2. The average molecular weight is 491 g/mol. The van der Waals surface area contributed by atoms with E-state index in [0.717, 1.165) is 36.3 Å². The number of rotatable bonds is 6. The Hall–Kier alpha value is -3.32. The summed E-state index contributed by atoms with van der Waals surface area (Å²) in [4.78, 5) is 29.4. The first-order chi connectivity index (χ1) is 17.5. The number of benzene rings is 2. The highest BCUT2D eigenvalue weighted by Gasteiger charge is 2.60. The van der Waals surface area contributed by atoms with Gasteiger partial charge in [-0.1, -0.05) is 43.7 Å². The van der Waals surface area contributed by atoms with Crippen molar-refractivity contribution in [3.63, 3.8) is 0 Å². The molecule has 3 heterocycles. The molecule has 7 heteroatoms. The van der Waals surface area contributed by atoms with Crippen LogP contribution in [0.5, 0.6) is 5.75 Å². The van der Waals surface area contributed by atoms with Gasteiger partial charge in [0.1, 0.15) is 11.3 Å². The molecule has 7 nitrogen and oxygen atoms in total. The van der Waals surface area contributed by atoms with Gasteiger partial charge in [0, 0.05) is 30.4 Å². The fraction of sp³-hybridized carbons (Fsp3) is 0.448. The minimum absolute atomic E-state index is 0.0556. The molecule has 3 aliphatic heterocycles. The third-order valence-electron chi connectivity index (χ3n) is 8.34. The van der Waals surface area contributed by atoms with Crippen LogP contribution in [0.2, 0.25) is 0 Å². The molecule has 36 heavy (non-hydrogen) atoms. The largest absolute Gasteiger partial charge is 0.504 e. The minimum atomic E-state index is -0.754. The Bertz CT molecular complexity index is 1190. The zero-order valence-corrected chi connectivity index (χ0v) is 21.4. The molecule has 5 rings (SSSR count). The molecule has 0 bridgehead atoms. The average Bonchev–Trinajstić information content (AvgIpc) is 3.42. The summed E-state index contributed by atoms with van der Waals surface area (Å²) in [5.41, 5.74) is 3.14. The molecule has 0 amide bonds. The first-order valence-electron chi connectivity index (χ1n) is 12.6. The van der Waals surface area contributed by atoms with Crippen LogP contribution in [0.25, 0.3) is 11.1 Å². The van der Waals surface area contributed by atoms with Gasteiger partial charge in [-0.15, -0.1) is 0 Å². The highest BCUT2D eigenvalue weighted by Crippen LogP contribution is 2.52. The molecule has 0 saturated carbocycles. The quantitative estimate of drug-likeness (QED) is 0.362. The predicted molar refractivity (Wildman–Crippen MR) is 138 cm³/mol. The maximum atomic E-state index is 14.3. The van der Waals surface area contributed by atoms with Crippen molar-refractivity contribution in [1.29, 1.82) is 0 Å². The van der Waals surface area contributed by atoms with Crippen LogP contribution in [0.15, 0.2) is 54.3 Å². The SMILES string of the molecule is CC[C@@H]1CN2CCC3(Nc4ccc(-c5ccccc5)c(OC)c4C3=O)C2C[C@@H]1/C(=C\OC)C(=O)OC. The van der Waals surface area contributed by atoms with E-state index in [9.17, 15) is 9.59 Å². The van der Waals surface area contributed by atoms with Gasteiger partial charge in [-0.3, -0.25) is 9.69 Å². The summed E-state index contributed by atoms with van der Waals surface area (Å²) in [7, 11) is 4.57. The molecule has 2 aromatic carbocycles. The zero-order valence-electron chi connectivity index (χ0n) is 21.4. The number of ketones is 1. The van der Waals surface area contributed by atoms with Gasteiger partial charge in [0.2, 0.25) is 0 Å². The molecule has 2 aromatic rings. The van der Waals surface area contributed by atoms with E-state index in [0.29, 0.717) is 29.7 Å². The second kappa shape index (κ2) is 9.62. The molecule has 3 aliphatic rings. The fourth-order valence-corrected chi connectivity index (χ4v) is 6.61. The normalized spacial score (nSPS) is 27.4. The van der Waals surface area contributed by atoms with E-state index in [1.54, 1.807) is 14.2 Å². The number of piperidine rings is 1. The number of fused-ring (bicyclic) bond motifs is 3. The Balaban J connectivity index is 1.53. The Morgan fingerprint density at radius 3 is 2.61 bits per heavy atom. The first-order valence-corrected chi connectivity index (χ1v) is 12.6. The number of hydrogen-bond donors (Lipinski definition) is 1. The van der Waals surface area contributed by atoms with Crippen LogP contribution in [0.4, 0.5) is 5.69 Å². The van der Waals surface area contributed by atoms with Crippen LogP contribution in [-0.4, -0.2) is 62.7 Å². The number of esters is 1. The van der Waals surface area contributed by atoms with Crippen molar-refractivity contribution in [2.45, 2.75) is 37.8 Å². The van der Waals surface area contributed by atoms with Crippen LogP contribution in [0, 0.1) is 11.8 Å².